The molecule has 3 heteroatoms. The average molecular weight is 340 g/mol. The third kappa shape index (κ3) is 2.97. The van der Waals surface area contributed by atoms with Gasteiger partial charge in [-0.2, -0.15) is 0 Å². The summed E-state index contributed by atoms with van der Waals surface area (Å²) < 4.78 is 6.44. The normalized spacial score (nSPS) is 19.8. The summed E-state index contributed by atoms with van der Waals surface area (Å²) in [6, 6.07) is 16.6. The molecule has 2 nitrogen and oxygen atoms in total. The zero-order chi connectivity index (χ0) is 16.6. The monoisotopic (exact) mass is 339 g/mol. The smallest absolute Gasteiger partial charge is 0.146 e. The van der Waals surface area contributed by atoms with E-state index in [1.165, 1.54) is 5.56 Å². The van der Waals surface area contributed by atoms with Gasteiger partial charge in [-0.25, -0.2) is 0 Å². The van der Waals surface area contributed by atoms with Gasteiger partial charge < -0.3 is 4.74 Å². The van der Waals surface area contributed by atoms with Crippen LogP contribution in [0.5, 0.6) is 5.75 Å². The maximum Gasteiger partial charge on any atom is 0.146 e. The minimum atomic E-state index is -0.137. The molecule has 0 atom stereocenters. The predicted octanol–water partition coefficient (Wildman–Crippen LogP) is 5.17. The molecule has 0 unspecified atom stereocenters. The van der Waals surface area contributed by atoms with Gasteiger partial charge in [0.05, 0.1) is 5.02 Å². The molecule has 1 fully saturated rings. The van der Waals surface area contributed by atoms with Gasteiger partial charge in [0.1, 0.15) is 11.4 Å². The molecule has 0 aromatic heterocycles. The molecule has 124 valence electrons. The number of para-hydroxylation sites is 1. The Kier molecular flexibility index (Phi) is 4.11. The molecule has 0 amide bonds. The Hall–Kier alpha value is -1.77. The molecule has 0 N–H and O–H groups in total. The fourth-order valence-electron chi connectivity index (χ4n) is 3.87. The topological polar surface area (TPSA) is 12.5 Å². The van der Waals surface area contributed by atoms with E-state index in [4.69, 9.17) is 16.3 Å². The van der Waals surface area contributed by atoms with Crippen LogP contribution in [0.4, 0.5) is 0 Å². The van der Waals surface area contributed by atoms with Gasteiger partial charge in [0.2, 0.25) is 0 Å². The summed E-state index contributed by atoms with van der Waals surface area (Å²) in [5.41, 5.74) is 3.45. The summed E-state index contributed by atoms with van der Waals surface area (Å²) in [5.74, 6) is 0.826. The zero-order valence-electron chi connectivity index (χ0n) is 13.8. The third-order valence-corrected chi connectivity index (χ3v) is 5.52. The number of nitrogens with zero attached hydrogens (tertiary/aromatic N) is 1. The predicted molar refractivity (Wildman–Crippen MR) is 99.4 cm³/mol. The Balaban J connectivity index is 1.47. The van der Waals surface area contributed by atoms with Crippen molar-refractivity contribution in [3.05, 3.63) is 71.3 Å². The first kappa shape index (κ1) is 15.7. The lowest BCUT2D eigenvalue weighted by atomic mass is 9.81. The van der Waals surface area contributed by atoms with E-state index in [9.17, 15) is 0 Å². The van der Waals surface area contributed by atoms with Crippen LogP contribution in [0.2, 0.25) is 5.02 Å². The molecule has 2 heterocycles. The Bertz CT molecular complexity index is 748. The minimum Gasteiger partial charge on any atom is -0.485 e. The molecule has 1 saturated heterocycles. The Labute approximate surface area is 148 Å². The highest BCUT2D eigenvalue weighted by Crippen LogP contribution is 2.47. The van der Waals surface area contributed by atoms with Gasteiger partial charge in [0.25, 0.3) is 0 Å². The van der Waals surface area contributed by atoms with Crippen molar-refractivity contribution >= 4 is 17.2 Å². The number of fused-ring (bicyclic) bond motifs is 1. The first-order valence-corrected chi connectivity index (χ1v) is 8.95. The van der Waals surface area contributed by atoms with Crippen LogP contribution in [0.15, 0.2) is 55.1 Å². The highest BCUT2D eigenvalue weighted by molar-refractivity contribution is 6.32. The maximum absolute atomic E-state index is 6.44. The highest BCUT2D eigenvalue weighted by Gasteiger charge is 2.41. The van der Waals surface area contributed by atoms with Crippen LogP contribution in [-0.4, -0.2) is 23.6 Å². The van der Waals surface area contributed by atoms with E-state index in [1.54, 1.807) is 0 Å². The fourth-order valence-corrected chi connectivity index (χ4v) is 4.08. The molecule has 4 rings (SSSR count). The van der Waals surface area contributed by atoms with E-state index in [0.29, 0.717) is 5.02 Å². The second kappa shape index (κ2) is 6.27. The molecular formula is C21H22ClNO. The van der Waals surface area contributed by atoms with E-state index in [-0.39, 0.29) is 5.60 Å². The number of ether oxygens (including phenoxy) is 1. The van der Waals surface area contributed by atoms with Crippen LogP contribution in [0.25, 0.3) is 5.57 Å². The van der Waals surface area contributed by atoms with E-state index in [1.807, 2.05) is 12.1 Å². The van der Waals surface area contributed by atoms with Crippen LogP contribution in [0.3, 0.4) is 0 Å². The SMILES string of the molecule is C=C1CC2(CCN(Cc3ccccc3)CC2)Oc2c(Cl)cccc21. The van der Waals surface area contributed by atoms with Crippen molar-refractivity contribution in [2.75, 3.05) is 13.1 Å². The lowest BCUT2D eigenvalue weighted by Gasteiger charge is -2.45. The third-order valence-electron chi connectivity index (χ3n) is 5.22. The largest absolute Gasteiger partial charge is 0.485 e. The van der Waals surface area contributed by atoms with E-state index >= 15 is 0 Å². The van der Waals surface area contributed by atoms with Gasteiger partial charge in [-0.15, -0.1) is 0 Å². The van der Waals surface area contributed by atoms with Crippen molar-refractivity contribution in [1.29, 1.82) is 0 Å². The van der Waals surface area contributed by atoms with Crippen LogP contribution < -0.4 is 4.74 Å². The molecule has 0 saturated carbocycles. The fraction of sp³-hybridized carbons (Fsp3) is 0.333. The number of rotatable bonds is 2. The van der Waals surface area contributed by atoms with Crippen molar-refractivity contribution in [1.82, 2.24) is 4.90 Å². The lowest BCUT2D eigenvalue weighted by Crippen LogP contribution is -2.49. The van der Waals surface area contributed by atoms with Crippen molar-refractivity contribution in [2.24, 2.45) is 0 Å². The molecule has 2 aliphatic rings. The molecule has 0 bridgehead atoms. The number of hydrogen-bond donors (Lipinski definition) is 0. The number of halogens is 1. The minimum absolute atomic E-state index is 0.137. The average Bonchev–Trinajstić information content (AvgIpc) is 2.59. The Morgan fingerprint density at radius 3 is 2.54 bits per heavy atom. The van der Waals surface area contributed by atoms with E-state index < -0.39 is 0 Å². The first-order chi connectivity index (χ1) is 11.7. The Morgan fingerprint density at radius 1 is 1.04 bits per heavy atom. The van der Waals surface area contributed by atoms with Gasteiger partial charge in [-0.3, -0.25) is 4.90 Å². The van der Waals surface area contributed by atoms with Crippen molar-refractivity contribution in [3.8, 4) is 5.75 Å². The standard InChI is InChI=1S/C21H22ClNO/c1-16-14-21(24-20-18(16)8-5-9-19(20)22)10-12-23(13-11-21)15-17-6-3-2-4-7-17/h2-9H,1,10-15H2. The van der Waals surface area contributed by atoms with Crippen LogP contribution >= 0.6 is 11.6 Å². The second-order valence-electron chi connectivity index (χ2n) is 6.94. The molecule has 2 aromatic carbocycles. The summed E-state index contributed by atoms with van der Waals surface area (Å²) >= 11 is 6.37. The summed E-state index contributed by atoms with van der Waals surface area (Å²) in [4.78, 5) is 2.51. The lowest BCUT2D eigenvalue weighted by molar-refractivity contribution is -0.00126. The van der Waals surface area contributed by atoms with E-state index in [2.05, 4.69) is 47.9 Å². The van der Waals surface area contributed by atoms with Crippen LogP contribution in [0, 0.1) is 0 Å². The van der Waals surface area contributed by atoms with Gasteiger partial charge in [-0.1, -0.05) is 60.6 Å². The van der Waals surface area contributed by atoms with Crippen molar-refractivity contribution in [2.45, 2.75) is 31.4 Å². The van der Waals surface area contributed by atoms with Crippen LogP contribution in [-0.2, 0) is 6.54 Å². The number of hydrogen-bond acceptors (Lipinski definition) is 2. The molecule has 2 aromatic rings. The van der Waals surface area contributed by atoms with Gasteiger partial charge in [0.15, 0.2) is 0 Å². The summed E-state index contributed by atoms with van der Waals surface area (Å²) in [7, 11) is 0. The second-order valence-corrected chi connectivity index (χ2v) is 7.35. The quantitative estimate of drug-likeness (QED) is 0.748. The Morgan fingerprint density at radius 2 is 1.79 bits per heavy atom. The van der Waals surface area contributed by atoms with Gasteiger partial charge in [0, 0.05) is 44.5 Å². The molecule has 0 aliphatic carbocycles. The summed E-state index contributed by atoms with van der Waals surface area (Å²) in [6.07, 6.45) is 2.94. The van der Waals surface area contributed by atoms with Gasteiger partial charge in [-0.05, 0) is 17.2 Å². The summed E-state index contributed by atoms with van der Waals surface area (Å²) in [6.45, 7) is 7.38. The van der Waals surface area contributed by atoms with Gasteiger partial charge >= 0.3 is 0 Å². The number of likely N-dealkylation sites (tertiary alicyclic amines) is 1. The molecule has 0 radical (unpaired) electrons. The number of benzene rings is 2. The molecule has 2 aliphatic heterocycles. The van der Waals surface area contributed by atoms with E-state index in [0.717, 1.165) is 55.8 Å². The number of piperidine rings is 1. The zero-order valence-corrected chi connectivity index (χ0v) is 14.6. The maximum atomic E-state index is 6.44. The molecular weight excluding hydrogens is 318 g/mol. The van der Waals surface area contributed by atoms with Crippen molar-refractivity contribution in [3.63, 3.8) is 0 Å². The van der Waals surface area contributed by atoms with Crippen LogP contribution in [0.1, 0.15) is 30.4 Å². The highest BCUT2D eigenvalue weighted by atomic mass is 35.5. The molecule has 24 heavy (non-hydrogen) atoms. The summed E-state index contributed by atoms with van der Waals surface area (Å²) in [5, 5.41) is 0.694. The van der Waals surface area contributed by atoms with Crippen molar-refractivity contribution < 1.29 is 4.74 Å². The first-order valence-electron chi connectivity index (χ1n) is 8.57. The molecule has 1 spiro atoms.